The zero-order chi connectivity index (χ0) is 14.0. The van der Waals surface area contributed by atoms with Crippen molar-refractivity contribution in [3.05, 3.63) is 0 Å². The summed E-state index contributed by atoms with van der Waals surface area (Å²) in [6.45, 7) is 6.80. The molecule has 106 valence electrons. The van der Waals surface area contributed by atoms with E-state index < -0.39 is 21.2 Å². The fourth-order valence-electron chi connectivity index (χ4n) is 2.26. The lowest BCUT2D eigenvalue weighted by Gasteiger charge is -2.23. The minimum Gasteiger partial charge on any atom is -0.481 e. The summed E-state index contributed by atoms with van der Waals surface area (Å²) in [6, 6.07) is 0. The molecule has 1 fully saturated rings. The van der Waals surface area contributed by atoms with Crippen molar-refractivity contribution in [2.75, 3.05) is 25.4 Å². The monoisotopic (exact) mass is 277 g/mol. The first kappa shape index (κ1) is 15.4. The molecule has 0 aromatic carbocycles. The maximum Gasteiger partial charge on any atom is 0.310 e. The molecule has 1 unspecified atom stereocenters. The molecule has 1 atom stereocenters. The Balaban J connectivity index is 2.56. The number of carboxylic acids is 1. The van der Waals surface area contributed by atoms with Crippen molar-refractivity contribution in [3.63, 3.8) is 0 Å². The van der Waals surface area contributed by atoms with E-state index in [2.05, 4.69) is 0 Å². The minimum absolute atomic E-state index is 0.115. The van der Waals surface area contributed by atoms with Crippen molar-refractivity contribution in [1.29, 1.82) is 0 Å². The maximum absolute atomic E-state index is 11.7. The van der Waals surface area contributed by atoms with Crippen molar-refractivity contribution >= 4 is 15.8 Å². The summed E-state index contributed by atoms with van der Waals surface area (Å²) in [5, 5.41) is 8.89. The van der Waals surface area contributed by atoms with Crippen LogP contribution in [0.3, 0.4) is 0 Å². The molecule has 0 amide bonds. The Kier molecular flexibility index (Phi) is 4.78. The molecular weight excluding hydrogens is 254 g/mol. The molecule has 0 aliphatic carbocycles. The van der Waals surface area contributed by atoms with Gasteiger partial charge in [0.1, 0.15) is 0 Å². The van der Waals surface area contributed by atoms with Crippen LogP contribution < -0.4 is 0 Å². The predicted molar refractivity (Wildman–Crippen MR) is 70.3 cm³/mol. The highest BCUT2D eigenvalue weighted by Crippen LogP contribution is 2.33. The van der Waals surface area contributed by atoms with Gasteiger partial charge in [0.2, 0.25) is 0 Å². The van der Waals surface area contributed by atoms with Gasteiger partial charge in [0.05, 0.1) is 16.4 Å². The fraction of sp³-hybridized carbons (Fsp3) is 0.917. The maximum atomic E-state index is 11.7. The van der Waals surface area contributed by atoms with Crippen molar-refractivity contribution in [3.8, 4) is 0 Å². The van der Waals surface area contributed by atoms with Crippen LogP contribution >= 0.6 is 0 Å². The molecule has 1 heterocycles. The highest BCUT2D eigenvalue weighted by atomic mass is 32.2. The van der Waals surface area contributed by atoms with Gasteiger partial charge in [-0.2, -0.15) is 0 Å². The number of aliphatic carboxylic acids is 1. The van der Waals surface area contributed by atoms with Crippen molar-refractivity contribution in [1.82, 2.24) is 4.90 Å². The van der Waals surface area contributed by atoms with E-state index in [-0.39, 0.29) is 11.0 Å². The second-order valence-electron chi connectivity index (χ2n) is 5.38. The quantitative estimate of drug-likeness (QED) is 0.784. The minimum atomic E-state index is -3.04. The Morgan fingerprint density at radius 1 is 1.44 bits per heavy atom. The fourth-order valence-corrected chi connectivity index (χ4v) is 3.24. The molecule has 18 heavy (non-hydrogen) atoms. The second kappa shape index (κ2) is 5.57. The molecule has 0 aromatic rings. The Hall–Kier alpha value is -0.620. The summed E-state index contributed by atoms with van der Waals surface area (Å²) in [7, 11) is -3.04. The molecule has 1 rings (SSSR count). The third-order valence-electron chi connectivity index (χ3n) is 3.97. The van der Waals surface area contributed by atoms with Crippen LogP contribution in [-0.4, -0.2) is 55.0 Å². The zero-order valence-corrected chi connectivity index (χ0v) is 12.2. The van der Waals surface area contributed by atoms with Gasteiger partial charge in [-0.15, -0.1) is 0 Å². The molecule has 0 bridgehead atoms. The summed E-state index contributed by atoms with van der Waals surface area (Å²) < 4.78 is 23.4. The first-order valence-electron chi connectivity index (χ1n) is 6.41. The van der Waals surface area contributed by atoms with Gasteiger partial charge in [0.25, 0.3) is 0 Å². The van der Waals surface area contributed by atoms with Gasteiger partial charge in [-0.25, -0.2) is 8.42 Å². The van der Waals surface area contributed by atoms with Gasteiger partial charge in [-0.1, -0.05) is 6.92 Å². The Morgan fingerprint density at radius 2 is 2.06 bits per heavy atom. The van der Waals surface area contributed by atoms with E-state index in [9.17, 15) is 18.3 Å². The predicted octanol–water partition coefficient (Wildman–Crippen LogP) is 0.996. The van der Waals surface area contributed by atoms with Crippen LogP contribution in [0.5, 0.6) is 0 Å². The van der Waals surface area contributed by atoms with E-state index in [1.54, 1.807) is 13.8 Å². The number of carboxylic acid groups (broad SMARTS) is 1. The SMILES string of the molecule is CCC1(C(=O)O)CCN(CCS(=O)(=O)C(C)C)C1. The van der Waals surface area contributed by atoms with Crippen molar-refractivity contribution in [2.45, 2.75) is 38.9 Å². The van der Waals surface area contributed by atoms with Crippen LogP contribution in [0.2, 0.25) is 0 Å². The first-order valence-corrected chi connectivity index (χ1v) is 8.12. The molecule has 0 spiro atoms. The number of carbonyl (C=O) groups is 1. The van der Waals surface area contributed by atoms with Crippen LogP contribution in [0.15, 0.2) is 0 Å². The first-order chi connectivity index (χ1) is 8.23. The number of rotatable bonds is 6. The number of likely N-dealkylation sites (tertiary alicyclic amines) is 1. The number of hydrogen-bond acceptors (Lipinski definition) is 4. The summed E-state index contributed by atoms with van der Waals surface area (Å²) in [4.78, 5) is 13.2. The van der Waals surface area contributed by atoms with Gasteiger partial charge in [0.15, 0.2) is 9.84 Å². The van der Waals surface area contributed by atoms with E-state index in [1.807, 2.05) is 11.8 Å². The van der Waals surface area contributed by atoms with Crippen LogP contribution in [-0.2, 0) is 14.6 Å². The lowest BCUT2D eigenvalue weighted by atomic mass is 9.84. The smallest absolute Gasteiger partial charge is 0.310 e. The third-order valence-corrected chi connectivity index (χ3v) is 6.16. The van der Waals surface area contributed by atoms with Crippen LogP contribution in [0.25, 0.3) is 0 Å². The highest BCUT2D eigenvalue weighted by molar-refractivity contribution is 7.92. The summed E-state index contributed by atoms with van der Waals surface area (Å²) in [5.41, 5.74) is -0.679. The molecule has 1 saturated heterocycles. The van der Waals surface area contributed by atoms with Crippen LogP contribution in [0.4, 0.5) is 0 Å². The lowest BCUT2D eigenvalue weighted by molar-refractivity contribution is -0.148. The average molecular weight is 277 g/mol. The summed E-state index contributed by atoms with van der Waals surface area (Å²) in [5.74, 6) is -0.649. The number of hydrogen-bond donors (Lipinski definition) is 1. The van der Waals surface area contributed by atoms with Gasteiger partial charge in [0, 0.05) is 13.1 Å². The van der Waals surface area contributed by atoms with Crippen LogP contribution in [0.1, 0.15) is 33.6 Å². The van der Waals surface area contributed by atoms with Crippen molar-refractivity contribution in [2.24, 2.45) is 5.41 Å². The molecule has 1 N–H and O–H groups in total. The number of nitrogens with zero attached hydrogens (tertiary/aromatic N) is 1. The highest BCUT2D eigenvalue weighted by Gasteiger charge is 2.43. The molecular formula is C12H23NO4S. The van der Waals surface area contributed by atoms with Crippen molar-refractivity contribution < 1.29 is 18.3 Å². The zero-order valence-electron chi connectivity index (χ0n) is 11.3. The van der Waals surface area contributed by atoms with Crippen LogP contribution in [0, 0.1) is 5.41 Å². The second-order valence-corrected chi connectivity index (χ2v) is 8.06. The topological polar surface area (TPSA) is 74.7 Å². The summed E-state index contributed by atoms with van der Waals surface area (Å²) in [6.07, 6.45) is 1.20. The molecule has 0 saturated carbocycles. The van der Waals surface area contributed by atoms with Gasteiger partial charge in [-0.3, -0.25) is 4.79 Å². The van der Waals surface area contributed by atoms with Gasteiger partial charge < -0.3 is 10.0 Å². The molecule has 1 aliphatic rings. The van der Waals surface area contributed by atoms with E-state index in [0.717, 1.165) is 0 Å². The largest absolute Gasteiger partial charge is 0.481 e. The van der Waals surface area contributed by atoms with E-state index in [0.29, 0.717) is 32.5 Å². The third kappa shape index (κ3) is 3.23. The average Bonchev–Trinajstić information content (AvgIpc) is 2.71. The van der Waals surface area contributed by atoms with E-state index in [1.165, 1.54) is 0 Å². The molecule has 5 nitrogen and oxygen atoms in total. The molecule has 0 aromatic heterocycles. The Morgan fingerprint density at radius 3 is 2.44 bits per heavy atom. The van der Waals surface area contributed by atoms with Gasteiger partial charge in [-0.05, 0) is 33.2 Å². The molecule has 0 radical (unpaired) electrons. The van der Waals surface area contributed by atoms with E-state index >= 15 is 0 Å². The summed E-state index contributed by atoms with van der Waals surface area (Å²) >= 11 is 0. The number of sulfone groups is 1. The Labute approximate surface area is 109 Å². The normalized spacial score (nSPS) is 25.8. The molecule has 6 heteroatoms. The Bertz CT molecular complexity index is 404. The van der Waals surface area contributed by atoms with E-state index in [4.69, 9.17) is 0 Å². The lowest BCUT2D eigenvalue weighted by Crippen LogP contribution is -2.36. The standard InChI is InChI=1S/C12H23NO4S/c1-4-12(11(14)15)5-6-13(9-12)7-8-18(16,17)10(2)3/h10H,4-9H2,1-3H3,(H,14,15). The van der Waals surface area contributed by atoms with Gasteiger partial charge >= 0.3 is 5.97 Å². The molecule has 1 aliphatic heterocycles.